The Balaban J connectivity index is 2.08. The molecule has 0 radical (unpaired) electrons. The highest BCUT2D eigenvalue weighted by Crippen LogP contribution is 2.33. The van der Waals surface area contributed by atoms with E-state index in [9.17, 15) is 14.4 Å². The van der Waals surface area contributed by atoms with E-state index in [0.29, 0.717) is 15.4 Å². The van der Waals surface area contributed by atoms with Crippen molar-refractivity contribution < 1.29 is 9.59 Å². The molecule has 2 aromatic heterocycles. The molecule has 0 aliphatic heterocycles. The van der Waals surface area contributed by atoms with Gasteiger partial charge in [-0.2, -0.15) is 0 Å². The molecule has 1 aromatic carbocycles. The lowest BCUT2D eigenvalue weighted by molar-refractivity contribution is -0.119. The van der Waals surface area contributed by atoms with Crippen LogP contribution in [-0.2, 0) is 11.3 Å². The third kappa shape index (κ3) is 4.41. The highest BCUT2D eigenvalue weighted by Gasteiger charge is 2.22. The van der Waals surface area contributed by atoms with Gasteiger partial charge in [0.1, 0.15) is 4.83 Å². The number of fused-ring (bicyclic) bond motifs is 1. The fourth-order valence-electron chi connectivity index (χ4n) is 2.77. The maximum Gasteiger partial charge on any atom is 0.318 e. The molecule has 0 spiro atoms. The van der Waals surface area contributed by atoms with Crippen LogP contribution in [0.1, 0.15) is 12.5 Å². The first-order valence-corrected chi connectivity index (χ1v) is 10.5. The molecular formula is C20H20N4O3S2. The third-order valence-electron chi connectivity index (χ3n) is 4.23. The first-order chi connectivity index (χ1) is 13.8. The molecule has 0 bridgehead atoms. The number of hydrogen-bond donors (Lipinski definition) is 2. The van der Waals surface area contributed by atoms with Crippen LogP contribution in [0.5, 0.6) is 0 Å². The van der Waals surface area contributed by atoms with Gasteiger partial charge >= 0.3 is 6.03 Å². The number of aromatic nitrogens is 2. The number of thioether (sulfide) groups is 1. The van der Waals surface area contributed by atoms with Crippen molar-refractivity contribution >= 4 is 45.3 Å². The number of benzene rings is 1. The number of nitrogens with zero attached hydrogens (tertiary/aromatic N) is 2. The topological polar surface area (TPSA) is 107 Å². The van der Waals surface area contributed by atoms with E-state index < -0.39 is 17.2 Å². The fourth-order valence-corrected chi connectivity index (χ4v) is 4.67. The van der Waals surface area contributed by atoms with E-state index in [2.05, 4.69) is 11.6 Å². The van der Waals surface area contributed by atoms with E-state index in [1.165, 1.54) is 15.9 Å². The van der Waals surface area contributed by atoms with Crippen LogP contribution in [0.3, 0.4) is 0 Å². The molecule has 0 saturated carbocycles. The summed E-state index contributed by atoms with van der Waals surface area (Å²) in [5, 5.41) is 4.21. The highest BCUT2D eigenvalue weighted by molar-refractivity contribution is 8.00. The number of nitrogens with one attached hydrogen (secondary N) is 1. The average Bonchev–Trinajstić information content (AvgIpc) is 3.09. The molecule has 1 atom stereocenters. The minimum absolute atomic E-state index is 0.197. The molecule has 3 N–H and O–H groups in total. The van der Waals surface area contributed by atoms with E-state index in [-0.39, 0.29) is 12.1 Å². The summed E-state index contributed by atoms with van der Waals surface area (Å²) < 4.78 is 1.48. The molecule has 0 aliphatic rings. The largest absolute Gasteiger partial charge is 0.351 e. The molecule has 1 unspecified atom stereocenters. The molecular weight excluding hydrogens is 408 g/mol. The van der Waals surface area contributed by atoms with Crippen molar-refractivity contribution in [3.05, 3.63) is 58.2 Å². The minimum Gasteiger partial charge on any atom is -0.351 e. The van der Waals surface area contributed by atoms with Crippen LogP contribution in [0.25, 0.3) is 21.3 Å². The van der Waals surface area contributed by atoms with Crippen molar-refractivity contribution in [1.29, 1.82) is 0 Å². The quantitative estimate of drug-likeness (QED) is 0.356. The summed E-state index contributed by atoms with van der Waals surface area (Å²) in [6, 6.07) is 7.03. The van der Waals surface area contributed by atoms with E-state index in [1.807, 2.05) is 41.9 Å². The standard InChI is InChI=1S/C20H20N4O3S2/c1-4-9-24-18(26)15-14(13-7-5-11(2)6-8-13)10-28-17(15)23-20(24)29-12(3)16(25)22-19(21)27/h4-8,10,12H,1,9H2,2-3H3,(H3,21,22,25,27). The zero-order valence-corrected chi connectivity index (χ0v) is 17.6. The number of primary amides is 1. The van der Waals surface area contributed by atoms with Crippen LogP contribution < -0.4 is 16.6 Å². The second kappa shape index (κ2) is 8.62. The summed E-state index contributed by atoms with van der Waals surface area (Å²) in [6.45, 7) is 7.58. The lowest BCUT2D eigenvalue weighted by Gasteiger charge is -2.14. The maximum absolute atomic E-state index is 13.3. The Kier molecular flexibility index (Phi) is 6.19. The number of urea groups is 1. The Morgan fingerprint density at radius 3 is 2.69 bits per heavy atom. The van der Waals surface area contributed by atoms with Crippen molar-refractivity contribution in [3.63, 3.8) is 0 Å². The third-order valence-corrected chi connectivity index (χ3v) is 6.19. The van der Waals surface area contributed by atoms with Gasteiger partial charge in [0.05, 0.1) is 10.6 Å². The lowest BCUT2D eigenvalue weighted by atomic mass is 10.1. The summed E-state index contributed by atoms with van der Waals surface area (Å²) >= 11 is 2.46. The van der Waals surface area contributed by atoms with Gasteiger partial charge in [0.15, 0.2) is 5.16 Å². The Hall–Kier alpha value is -2.91. The van der Waals surface area contributed by atoms with Crippen molar-refractivity contribution in [2.45, 2.75) is 30.8 Å². The number of carbonyl (C=O) groups excluding carboxylic acids is 2. The van der Waals surface area contributed by atoms with Gasteiger partial charge in [0, 0.05) is 17.5 Å². The van der Waals surface area contributed by atoms with Gasteiger partial charge in [-0.3, -0.25) is 19.5 Å². The summed E-state index contributed by atoms with van der Waals surface area (Å²) in [6.07, 6.45) is 1.60. The molecule has 29 heavy (non-hydrogen) atoms. The molecule has 3 rings (SSSR count). The van der Waals surface area contributed by atoms with Gasteiger partial charge in [0.25, 0.3) is 5.56 Å². The average molecular weight is 429 g/mol. The molecule has 3 aromatic rings. The zero-order chi connectivity index (χ0) is 21.1. The molecule has 0 aliphatic carbocycles. The molecule has 2 heterocycles. The van der Waals surface area contributed by atoms with E-state index in [1.54, 1.807) is 13.0 Å². The fraction of sp³-hybridized carbons (Fsp3) is 0.200. The zero-order valence-electron chi connectivity index (χ0n) is 16.0. The van der Waals surface area contributed by atoms with Crippen LogP contribution in [0.4, 0.5) is 4.79 Å². The molecule has 0 fully saturated rings. The van der Waals surface area contributed by atoms with Gasteiger partial charge in [-0.05, 0) is 19.4 Å². The number of nitrogens with two attached hydrogens (primary N) is 1. The highest BCUT2D eigenvalue weighted by atomic mass is 32.2. The summed E-state index contributed by atoms with van der Waals surface area (Å²) in [4.78, 5) is 41.4. The van der Waals surface area contributed by atoms with Crippen molar-refractivity contribution in [1.82, 2.24) is 14.9 Å². The minimum atomic E-state index is -0.921. The van der Waals surface area contributed by atoms with Gasteiger partial charge in [-0.15, -0.1) is 17.9 Å². The summed E-state index contributed by atoms with van der Waals surface area (Å²) in [5.41, 5.74) is 7.72. The number of hydrogen-bond acceptors (Lipinski definition) is 6. The predicted molar refractivity (Wildman–Crippen MR) is 117 cm³/mol. The van der Waals surface area contributed by atoms with Crippen LogP contribution in [-0.4, -0.2) is 26.7 Å². The van der Waals surface area contributed by atoms with Crippen LogP contribution in [0.2, 0.25) is 0 Å². The van der Waals surface area contributed by atoms with Crippen molar-refractivity contribution in [2.24, 2.45) is 5.73 Å². The summed E-state index contributed by atoms with van der Waals surface area (Å²) in [5.74, 6) is -0.548. The number of thiophene rings is 1. The van der Waals surface area contributed by atoms with E-state index in [4.69, 9.17) is 5.73 Å². The number of carbonyl (C=O) groups is 2. The first-order valence-electron chi connectivity index (χ1n) is 8.78. The lowest BCUT2D eigenvalue weighted by Crippen LogP contribution is -2.39. The predicted octanol–water partition coefficient (Wildman–Crippen LogP) is 3.29. The number of amides is 3. The Bertz CT molecular complexity index is 1150. The van der Waals surface area contributed by atoms with Gasteiger partial charge < -0.3 is 5.73 Å². The Morgan fingerprint density at radius 2 is 2.07 bits per heavy atom. The molecule has 3 amide bonds. The Morgan fingerprint density at radius 1 is 1.38 bits per heavy atom. The molecule has 0 saturated heterocycles. The molecule has 7 nitrogen and oxygen atoms in total. The van der Waals surface area contributed by atoms with Gasteiger partial charge in [-0.1, -0.05) is 47.7 Å². The SMILES string of the molecule is C=CCn1c(SC(C)C(=O)NC(N)=O)nc2scc(-c3ccc(C)cc3)c2c1=O. The first kappa shape index (κ1) is 20.8. The van der Waals surface area contributed by atoms with Crippen molar-refractivity contribution in [2.75, 3.05) is 0 Å². The normalized spacial score (nSPS) is 11.9. The van der Waals surface area contributed by atoms with Gasteiger partial charge in [-0.25, -0.2) is 9.78 Å². The number of rotatable bonds is 6. The van der Waals surface area contributed by atoms with Crippen LogP contribution in [0, 0.1) is 6.92 Å². The monoisotopic (exact) mass is 428 g/mol. The Labute approximate surface area is 175 Å². The smallest absolute Gasteiger partial charge is 0.318 e. The molecule has 9 heteroatoms. The number of aryl methyl sites for hydroxylation is 1. The van der Waals surface area contributed by atoms with E-state index in [0.717, 1.165) is 28.5 Å². The molecule has 150 valence electrons. The van der Waals surface area contributed by atoms with Crippen LogP contribution in [0.15, 0.2) is 52.3 Å². The summed E-state index contributed by atoms with van der Waals surface area (Å²) in [7, 11) is 0. The second-order valence-electron chi connectivity index (χ2n) is 6.41. The second-order valence-corrected chi connectivity index (χ2v) is 8.57. The van der Waals surface area contributed by atoms with Gasteiger partial charge in [0.2, 0.25) is 5.91 Å². The number of imide groups is 1. The van der Waals surface area contributed by atoms with Crippen molar-refractivity contribution in [3.8, 4) is 11.1 Å². The maximum atomic E-state index is 13.3. The van der Waals surface area contributed by atoms with Crippen LogP contribution >= 0.6 is 23.1 Å². The number of allylic oxidation sites excluding steroid dienone is 1. The van der Waals surface area contributed by atoms with E-state index >= 15 is 0 Å².